The van der Waals surface area contributed by atoms with Crippen molar-refractivity contribution in [2.45, 2.75) is 26.3 Å². The second-order valence-corrected chi connectivity index (χ2v) is 10.4. The smallest absolute Gasteiger partial charge is 0.253 e. The molecule has 0 bridgehead atoms. The summed E-state index contributed by atoms with van der Waals surface area (Å²) in [5, 5.41) is 6.00. The molecule has 8 nitrogen and oxygen atoms in total. The normalized spacial score (nSPS) is 11.1. The van der Waals surface area contributed by atoms with Crippen LogP contribution in [0.5, 0.6) is 0 Å². The molecule has 1 aromatic heterocycles. The van der Waals surface area contributed by atoms with Crippen LogP contribution in [0.3, 0.4) is 0 Å². The minimum Gasteiger partial charge on any atom is -0.348 e. The molecular formula is C25H27ClN4O4S. The highest BCUT2D eigenvalue weighted by Crippen LogP contribution is 2.26. The summed E-state index contributed by atoms with van der Waals surface area (Å²) >= 11 is 6.06. The number of hydrogen-bond acceptors (Lipinski definition) is 5. The molecular weight excluding hydrogens is 488 g/mol. The van der Waals surface area contributed by atoms with Crippen molar-refractivity contribution in [1.29, 1.82) is 0 Å². The van der Waals surface area contributed by atoms with E-state index in [1.807, 2.05) is 6.07 Å². The Morgan fingerprint density at radius 1 is 1.09 bits per heavy atom. The Hall–Kier alpha value is -3.43. The number of carbonyl (C=O) groups excluding carboxylic acids is 2. The molecule has 0 aliphatic rings. The van der Waals surface area contributed by atoms with E-state index in [1.54, 1.807) is 67.8 Å². The molecule has 3 aromatic rings. The second kappa shape index (κ2) is 11.8. The molecule has 0 saturated carbocycles. The van der Waals surface area contributed by atoms with Crippen molar-refractivity contribution in [1.82, 2.24) is 10.3 Å². The van der Waals surface area contributed by atoms with Gasteiger partial charge in [-0.15, -0.1) is 0 Å². The van der Waals surface area contributed by atoms with Crippen molar-refractivity contribution in [2.75, 3.05) is 22.4 Å². The highest BCUT2D eigenvalue weighted by molar-refractivity contribution is 7.92. The first kappa shape index (κ1) is 26.2. The molecule has 0 spiro atoms. The van der Waals surface area contributed by atoms with Gasteiger partial charge in [0, 0.05) is 36.9 Å². The number of rotatable bonds is 10. The van der Waals surface area contributed by atoms with E-state index in [-0.39, 0.29) is 31.2 Å². The van der Waals surface area contributed by atoms with Gasteiger partial charge in [-0.2, -0.15) is 0 Å². The number of anilines is 2. The quantitative estimate of drug-likeness (QED) is 0.422. The Balaban J connectivity index is 1.61. The summed E-state index contributed by atoms with van der Waals surface area (Å²) in [6.07, 6.45) is 4.78. The molecule has 2 N–H and O–H groups in total. The van der Waals surface area contributed by atoms with Gasteiger partial charge < -0.3 is 10.6 Å². The SMILES string of the molecule is Cc1ccc(Cl)cc1N(CCCC(=O)Nc1ccccc1C(=O)NCc1cccnc1)S(C)(=O)=O. The Morgan fingerprint density at radius 2 is 1.86 bits per heavy atom. The number of pyridine rings is 1. The van der Waals surface area contributed by atoms with E-state index in [4.69, 9.17) is 11.6 Å². The highest BCUT2D eigenvalue weighted by atomic mass is 35.5. The van der Waals surface area contributed by atoms with Crippen LogP contribution >= 0.6 is 11.6 Å². The number of aromatic nitrogens is 1. The Labute approximate surface area is 210 Å². The molecule has 1 heterocycles. The maximum atomic E-state index is 12.7. The van der Waals surface area contributed by atoms with Gasteiger partial charge in [-0.1, -0.05) is 35.9 Å². The molecule has 3 rings (SSSR count). The number of benzene rings is 2. The molecule has 0 saturated heterocycles. The number of carbonyl (C=O) groups is 2. The summed E-state index contributed by atoms with van der Waals surface area (Å²) in [5.41, 5.74) is 2.81. The van der Waals surface area contributed by atoms with Crippen molar-refractivity contribution in [3.63, 3.8) is 0 Å². The van der Waals surface area contributed by atoms with Gasteiger partial charge in [0.1, 0.15) is 0 Å². The lowest BCUT2D eigenvalue weighted by Crippen LogP contribution is -2.32. The number of sulfonamides is 1. The van der Waals surface area contributed by atoms with Gasteiger partial charge in [0.2, 0.25) is 15.9 Å². The number of amides is 2. The van der Waals surface area contributed by atoms with Crippen molar-refractivity contribution in [3.8, 4) is 0 Å². The minimum absolute atomic E-state index is 0.0667. The zero-order valence-corrected chi connectivity index (χ0v) is 21.1. The van der Waals surface area contributed by atoms with Gasteiger partial charge in [-0.25, -0.2) is 8.42 Å². The van der Waals surface area contributed by atoms with Gasteiger partial charge in [-0.05, 0) is 54.8 Å². The van der Waals surface area contributed by atoms with E-state index in [1.165, 1.54) is 4.31 Å². The van der Waals surface area contributed by atoms with E-state index in [9.17, 15) is 18.0 Å². The molecule has 0 aliphatic carbocycles. The molecule has 0 aliphatic heterocycles. The van der Waals surface area contributed by atoms with Crippen LogP contribution in [0, 0.1) is 6.92 Å². The lowest BCUT2D eigenvalue weighted by molar-refractivity contribution is -0.116. The van der Waals surface area contributed by atoms with Gasteiger partial charge in [0.05, 0.1) is 23.2 Å². The first-order valence-electron chi connectivity index (χ1n) is 10.9. The number of nitrogens with zero attached hydrogens (tertiary/aromatic N) is 2. The molecule has 10 heteroatoms. The van der Waals surface area contributed by atoms with Gasteiger partial charge in [0.25, 0.3) is 5.91 Å². The predicted octanol–water partition coefficient (Wildman–Crippen LogP) is 4.16. The fraction of sp³-hybridized carbons (Fsp3) is 0.240. The van der Waals surface area contributed by atoms with Gasteiger partial charge in [-0.3, -0.25) is 18.9 Å². The van der Waals surface area contributed by atoms with E-state index in [0.29, 0.717) is 28.5 Å². The molecule has 2 aromatic carbocycles. The molecule has 2 amide bonds. The van der Waals surface area contributed by atoms with Crippen molar-refractivity contribution in [3.05, 3.63) is 88.7 Å². The first-order chi connectivity index (χ1) is 16.6. The maximum Gasteiger partial charge on any atom is 0.253 e. The topological polar surface area (TPSA) is 108 Å². The summed E-state index contributed by atoms with van der Waals surface area (Å²) in [4.78, 5) is 29.3. The van der Waals surface area contributed by atoms with Crippen LogP contribution < -0.4 is 14.9 Å². The van der Waals surface area contributed by atoms with Crippen LogP contribution in [0.1, 0.15) is 34.3 Å². The fourth-order valence-electron chi connectivity index (χ4n) is 3.48. The summed E-state index contributed by atoms with van der Waals surface area (Å²) in [6, 6.07) is 15.4. The molecule has 35 heavy (non-hydrogen) atoms. The fourth-order valence-corrected chi connectivity index (χ4v) is 4.66. The van der Waals surface area contributed by atoms with E-state index in [0.717, 1.165) is 17.4 Å². The average Bonchev–Trinajstić information content (AvgIpc) is 2.82. The van der Waals surface area contributed by atoms with Crippen LogP contribution in [0.4, 0.5) is 11.4 Å². The van der Waals surface area contributed by atoms with Crippen LogP contribution in [-0.2, 0) is 21.4 Å². The number of halogens is 1. The molecule has 0 radical (unpaired) electrons. The van der Waals surface area contributed by atoms with E-state index < -0.39 is 10.0 Å². The molecule has 184 valence electrons. The lowest BCUT2D eigenvalue weighted by atomic mass is 10.1. The second-order valence-electron chi connectivity index (χ2n) is 8.01. The lowest BCUT2D eigenvalue weighted by Gasteiger charge is -2.24. The van der Waals surface area contributed by atoms with Crippen LogP contribution in [0.15, 0.2) is 67.0 Å². The molecule has 0 atom stereocenters. The van der Waals surface area contributed by atoms with Crippen molar-refractivity contribution in [2.24, 2.45) is 0 Å². The number of aryl methyl sites for hydroxylation is 1. The highest BCUT2D eigenvalue weighted by Gasteiger charge is 2.20. The number of para-hydroxylation sites is 1. The molecule has 0 fully saturated rings. The largest absolute Gasteiger partial charge is 0.348 e. The first-order valence-corrected chi connectivity index (χ1v) is 13.2. The predicted molar refractivity (Wildman–Crippen MR) is 138 cm³/mol. The number of nitrogens with one attached hydrogen (secondary N) is 2. The summed E-state index contributed by atoms with van der Waals surface area (Å²) in [5.74, 6) is -0.654. The summed E-state index contributed by atoms with van der Waals surface area (Å²) in [6.45, 7) is 2.21. The van der Waals surface area contributed by atoms with Crippen LogP contribution in [0.2, 0.25) is 5.02 Å². The van der Waals surface area contributed by atoms with Crippen LogP contribution in [-0.4, -0.2) is 38.0 Å². The Kier molecular flexibility index (Phi) is 8.84. The van der Waals surface area contributed by atoms with Gasteiger partial charge >= 0.3 is 0 Å². The zero-order valence-electron chi connectivity index (χ0n) is 19.5. The molecule has 0 unspecified atom stereocenters. The summed E-state index contributed by atoms with van der Waals surface area (Å²) < 4.78 is 26.0. The maximum absolute atomic E-state index is 12.7. The zero-order chi connectivity index (χ0) is 25.4. The van der Waals surface area contributed by atoms with Crippen molar-refractivity contribution < 1.29 is 18.0 Å². The third kappa shape index (κ3) is 7.53. The summed E-state index contributed by atoms with van der Waals surface area (Å²) in [7, 11) is -3.58. The average molecular weight is 515 g/mol. The van der Waals surface area contributed by atoms with Gasteiger partial charge in [0.15, 0.2) is 0 Å². The van der Waals surface area contributed by atoms with E-state index in [2.05, 4.69) is 15.6 Å². The third-order valence-electron chi connectivity index (χ3n) is 5.23. The standard InChI is InChI=1S/C25H27ClN4O4S/c1-18-11-12-20(26)15-23(18)30(35(2,33)34)14-6-10-24(31)29-22-9-4-3-8-21(22)25(32)28-17-19-7-5-13-27-16-19/h3-5,7-9,11-13,15-16H,6,10,14,17H2,1-2H3,(H,28,32)(H,29,31). The van der Waals surface area contributed by atoms with E-state index >= 15 is 0 Å². The Morgan fingerprint density at radius 3 is 2.57 bits per heavy atom. The minimum atomic E-state index is -3.58. The number of hydrogen-bond donors (Lipinski definition) is 2. The third-order valence-corrected chi connectivity index (χ3v) is 6.64. The monoisotopic (exact) mass is 514 g/mol. The Bertz CT molecular complexity index is 1300. The van der Waals surface area contributed by atoms with Crippen molar-refractivity contribution >= 4 is 44.8 Å². The van der Waals surface area contributed by atoms with Crippen LogP contribution in [0.25, 0.3) is 0 Å².